The summed E-state index contributed by atoms with van der Waals surface area (Å²) < 4.78 is 33.9. The maximum absolute atomic E-state index is 14.4. The number of nitrogens with zero attached hydrogens (tertiary/aromatic N) is 3. The van der Waals surface area contributed by atoms with Crippen molar-refractivity contribution in [2.24, 2.45) is 0 Å². The molecule has 2 aliphatic heterocycles. The molecule has 6 rings (SSSR count). The second-order valence-electron chi connectivity index (χ2n) is 8.04. The highest BCUT2D eigenvalue weighted by molar-refractivity contribution is 5.85. The van der Waals surface area contributed by atoms with Crippen LogP contribution in [0.3, 0.4) is 0 Å². The van der Waals surface area contributed by atoms with E-state index < -0.39 is 6.10 Å². The maximum atomic E-state index is 14.4. The van der Waals surface area contributed by atoms with Crippen LogP contribution >= 0.6 is 0 Å². The van der Waals surface area contributed by atoms with Gasteiger partial charge in [-0.3, -0.25) is 0 Å². The standard InChI is InChI=1S/C26H21FN4O3/c1-32-17-9-10-18(21(13-17)33-2)25-22-23(19-12-16(27)8-11-20(19)34-25)30-26-28-14-29-31(26)24(22)15-6-4-3-5-7-15/h3-14,24-25H,1-2H3,(H,28,29,30). The molecule has 0 fully saturated rings. The molecule has 4 aromatic rings. The number of fused-ring (bicyclic) bond motifs is 3. The number of ether oxygens (including phenoxy) is 3. The lowest BCUT2D eigenvalue weighted by Crippen LogP contribution is -2.32. The Bertz CT molecular complexity index is 1420. The van der Waals surface area contributed by atoms with Crippen molar-refractivity contribution < 1.29 is 18.6 Å². The number of aromatic nitrogens is 3. The van der Waals surface area contributed by atoms with Gasteiger partial charge in [-0.15, -0.1) is 0 Å². The van der Waals surface area contributed by atoms with Gasteiger partial charge in [0.2, 0.25) is 5.95 Å². The van der Waals surface area contributed by atoms with Crippen LogP contribution in [0.2, 0.25) is 0 Å². The highest BCUT2D eigenvalue weighted by Crippen LogP contribution is 2.52. The normalized spacial score (nSPS) is 18.2. The average molecular weight is 456 g/mol. The Labute approximate surface area is 195 Å². The van der Waals surface area contributed by atoms with Crippen molar-refractivity contribution in [1.82, 2.24) is 14.8 Å². The van der Waals surface area contributed by atoms with Gasteiger partial charge in [0.1, 0.15) is 35.4 Å². The van der Waals surface area contributed by atoms with Crippen molar-refractivity contribution in [3.05, 3.63) is 101 Å². The Morgan fingerprint density at radius 3 is 2.65 bits per heavy atom. The molecule has 2 atom stereocenters. The predicted octanol–water partition coefficient (Wildman–Crippen LogP) is 4.99. The van der Waals surface area contributed by atoms with Crippen molar-refractivity contribution >= 4 is 11.6 Å². The Morgan fingerprint density at radius 2 is 1.85 bits per heavy atom. The lowest BCUT2D eigenvalue weighted by atomic mass is 9.84. The molecule has 3 aromatic carbocycles. The number of methoxy groups -OCH3 is 2. The van der Waals surface area contributed by atoms with Crippen LogP contribution in [-0.2, 0) is 0 Å². The summed E-state index contributed by atoms with van der Waals surface area (Å²) in [7, 11) is 3.22. The highest BCUT2D eigenvalue weighted by atomic mass is 19.1. The Morgan fingerprint density at radius 1 is 1.00 bits per heavy atom. The van der Waals surface area contributed by atoms with Gasteiger partial charge in [-0.1, -0.05) is 30.3 Å². The van der Waals surface area contributed by atoms with Gasteiger partial charge < -0.3 is 19.5 Å². The third-order valence-corrected chi connectivity index (χ3v) is 6.21. The van der Waals surface area contributed by atoms with Crippen molar-refractivity contribution in [2.75, 3.05) is 19.5 Å². The summed E-state index contributed by atoms with van der Waals surface area (Å²) in [5.74, 6) is 2.09. The zero-order chi connectivity index (χ0) is 23.2. The molecule has 0 saturated carbocycles. The third-order valence-electron chi connectivity index (χ3n) is 6.21. The zero-order valence-corrected chi connectivity index (χ0v) is 18.5. The Balaban J connectivity index is 1.64. The van der Waals surface area contributed by atoms with Crippen LogP contribution in [0.25, 0.3) is 5.70 Å². The van der Waals surface area contributed by atoms with E-state index in [0.717, 1.165) is 22.4 Å². The number of hydrogen-bond donors (Lipinski definition) is 1. The van der Waals surface area contributed by atoms with Crippen molar-refractivity contribution in [1.29, 1.82) is 0 Å². The SMILES string of the molecule is COc1ccc(C2Oc3ccc(F)cc3C3=C2C(c2ccccc2)n2ncnc2N3)c(OC)c1. The van der Waals surface area contributed by atoms with Gasteiger partial charge >= 0.3 is 0 Å². The number of rotatable bonds is 4. The summed E-state index contributed by atoms with van der Waals surface area (Å²) in [5, 5.41) is 7.88. The molecule has 0 spiro atoms. The lowest BCUT2D eigenvalue weighted by molar-refractivity contribution is 0.217. The maximum Gasteiger partial charge on any atom is 0.226 e. The van der Waals surface area contributed by atoms with Gasteiger partial charge in [0, 0.05) is 22.8 Å². The van der Waals surface area contributed by atoms with Crippen molar-refractivity contribution in [3.8, 4) is 17.2 Å². The van der Waals surface area contributed by atoms with E-state index in [1.807, 2.05) is 53.2 Å². The molecule has 170 valence electrons. The molecule has 8 heteroatoms. The van der Waals surface area contributed by atoms with Gasteiger partial charge in [0.25, 0.3) is 0 Å². The quantitative estimate of drug-likeness (QED) is 0.466. The van der Waals surface area contributed by atoms with E-state index >= 15 is 0 Å². The molecule has 1 N–H and O–H groups in total. The Hall–Kier alpha value is -4.33. The molecule has 0 aliphatic carbocycles. The molecule has 2 unspecified atom stereocenters. The largest absolute Gasteiger partial charge is 0.497 e. The summed E-state index contributed by atoms with van der Waals surface area (Å²) in [4.78, 5) is 4.40. The number of halogens is 1. The smallest absolute Gasteiger partial charge is 0.226 e. The van der Waals surface area contributed by atoms with Crippen molar-refractivity contribution in [3.63, 3.8) is 0 Å². The number of nitrogens with one attached hydrogen (secondary N) is 1. The first-order valence-electron chi connectivity index (χ1n) is 10.8. The third kappa shape index (κ3) is 3.10. The van der Waals surface area contributed by atoms with E-state index in [1.165, 1.54) is 18.5 Å². The second kappa shape index (κ2) is 7.91. The average Bonchev–Trinajstić information content (AvgIpc) is 3.35. The predicted molar refractivity (Wildman–Crippen MR) is 124 cm³/mol. The van der Waals surface area contributed by atoms with Crippen LogP contribution in [0.15, 0.2) is 78.6 Å². The van der Waals surface area contributed by atoms with Gasteiger partial charge in [-0.05, 0) is 35.9 Å². The van der Waals surface area contributed by atoms with Crippen LogP contribution in [0, 0.1) is 5.82 Å². The van der Waals surface area contributed by atoms with Gasteiger partial charge in [-0.2, -0.15) is 10.1 Å². The van der Waals surface area contributed by atoms with Gasteiger partial charge in [0.15, 0.2) is 6.10 Å². The highest BCUT2D eigenvalue weighted by Gasteiger charge is 2.42. The zero-order valence-electron chi connectivity index (χ0n) is 18.5. The number of benzene rings is 3. The summed E-state index contributed by atoms with van der Waals surface area (Å²) in [6.45, 7) is 0. The first-order valence-corrected chi connectivity index (χ1v) is 10.8. The summed E-state index contributed by atoms with van der Waals surface area (Å²) in [6.07, 6.45) is 0.969. The summed E-state index contributed by atoms with van der Waals surface area (Å²) in [6, 6.07) is 19.8. The van der Waals surface area contributed by atoms with E-state index in [-0.39, 0.29) is 11.9 Å². The topological polar surface area (TPSA) is 70.4 Å². The molecule has 1 aromatic heterocycles. The monoisotopic (exact) mass is 456 g/mol. The fourth-order valence-electron chi connectivity index (χ4n) is 4.69. The van der Waals surface area contributed by atoms with Gasteiger partial charge in [-0.25, -0.2) is 9.07 Å². The molecule has 0 bridgehead atoms. The van der Waals surface area contributed by atoms with E-state index in [1.54, 1.807) is 20.3 Å². The molecular formula is C26H21FN4O3. The molecule has 34 heavy (non-hydrogen) atoms. The van der Waals surface area contributed by atoms with Crippen molar-refractivity contribution in [2.45, 2.75) is 12.1 Å². The Kier molecular flexibility index (Phi) is 4.72. The first-order chi connectivity index (χ1) is 16.7. The molecule has 7 nitrogen and oxygen atoms in total. The van der Waals surface area contributed by atoms with Crippen LogP contribution in [0.5, 0.6) is 17.2 Å². The molecular weight excluding hydrogens is 435 g/mol. The van der Waals surface area contributed by atoms with E-state index in [4.69, 9.17) is 14.2 Å². The second-order valence-corrected chi connectivity index (χ2v) is 8.04. The minimum Gasteiger partial charge on any atom is -0.497 e. The minimum absolute atomic E-state index is 0.330. The molecule has 0 saturated heterocycles. The molecule has 2 aliphatic rings. The molecule has 0 amide bonds. The fraction of sp³-hybridized carbons (Fsp3) is 0.154. The van der Waals surface area contributed by atoms with Crippen LogP contribution in [-0.4, -0.2) is 29.0 Å². The fourth-order valence-corrected chi connectivity index (χ4v) is 4.69. The first kappa shape index (κ1) is 20.3. The number of anilines is 1. The summed E-state index contributed by atoms with van der Waals surface area (Å²) in [5.41, 5.74) is 4.08. The molecule has 3 heterocycles. The lowest BCUT2D eigenvalue weighted by Gasteiger charge is -2.39. The van der Waals surface area contributed by atoms with E-state index in [2.05, 4.69) is 15.4 Å². The van der Waals surface area contributed by atoms with E-state index in [0.29, 0.717) is 28.8 Å². The van der Waals surface area contributed by atoms with E-state index in [9.17, 15) is 4.39 Å². The summed E-state index contributed by atoms with van der Waals surface area (Å²) >= 11 is 0. The van der Waals surface area contributed by atoms with Crippen LogP contribution in [0.4, 0.5) is 10.3 Å². The van der Waals surface area contributed by atoms with Crippen LogP contribution in [0.1, 0.15) is 28.8 Å². The van der Waals surface area contributed by atoms with Crippen LogP contribution < -0.4 is 19.5 Å². The minimum atomic E-state index is -0.538. The molecule has 0 radical (unpaired) electrons. The van der Waals surface area contributed by atoms with Gasteiger partial charge in [0.05, 0.1) is 19.9 Å². The number of hydrogen-bond acceptors (Lipinski definition) is 6.